The Morgan fingerprint density at radius 3 is 2.43 bits per heavy atom. The van der Waals surface area contributed by atoms with Crippen LogP contribution in [0.3, 0.4) is 0 Å². The molecule has 0 atom stereocenters. The maximum Gasteiger partial charge on any atom is 0.167 e. The van der Waals surface area contributed by atoms with Crippen LogP contribution < -0.4 is 0 Å². The van der Waals surface area contributed by atoms with E-state index in [2.05, 4.69) is 74.3 Å². The highest BCUT2D eigenvalue weighted by molar-refractivity contribution is 5.98. The van der Waals surface area contributed by atoms with Crippen LogP contribution in [-0.2, 0) is 25.3 Å². The van der Waals surface area contributed by atoms with Gasteiger partial charge in [0.2, 0.25) is 0 Å². The first kappa shape index (κ1) is 26.5. The second kappa shape index (κ2) is 10.4. The first-order chi connectivity index (χ1) is 17.4. The lowest BCUT2D eigenvalue weighted by Crippen LogP contribution is -2.14. The number of ketones is 1. The van der Waals surface area contributed by atoms with E-state index >= 15 is 0 Å². The number of nitrogens with zero attached hydrogens (tertiary/aromatic N) is 5. The maximum atomic E-state index is 13.5. The van der Waals surface area contributed by atoms with E-state index in [4.69, 9.17) is 0 Å². The van der Waals surface area contributed by atoms with E-state index in [0.29, 0.717) is 12.3 Å². The number of benzene rings is 2. The second-order valence-corrected chi connectivity index (χ2v) is 11.6. The highest BCUT2D eigenvalue weighted by atomic mass is 16.1. The lowest BCUT2D eigenvalue weighted by atomic mass is 9.83. The average molecular weight is 498 g/mol. The van der Waals surface area contributed by atoms with Gasteiger partial charge in [0.25, 0.3) is 0 Å². The predicted molar refractivity (Wildman–Crippen MR) is 149 cm³/mol. The molecule has 0 amide bonds. The molecular weight excluding hydrogens is 458 g/mol. The molecule has 4 rings (SSSR count). The maximum absolute atomic E-state index is 13.5. The Kier molecular flexibility index (Phi) is 7.49. The zero-order valence-electron chi connectivity index (χ0n) is 23.5. The van der Waals surface area contributed by atoms with Crippen molar-refractivity contribution in [1.29, 1.82) is 0 Å². The lowest BCUT2D eigenvalue weighted by Gasteiger charge is -2.21. The molecule has 0 aliphatic rings. The van der Waals surface area contributed by atoms with Gasteiger partial charge in [-0.1, -0.05) is 58.0 Å². The number of rotatable bonds is 8. The van der Waals surface area contributed by atoms with Crippen LogP contribution in [-0.4, -0.2) is 30.6 Å². The summed E-state index contributed by atoms with van der Waals surface area (Å²) in [7, 11) is 1.92. The molecule has 2 aromatic heterocycles. The fourth-order valence-electron chi connectivity index (χ4n) is 4.44. The molecule has 0 saturated heterocycles. The molecule has 6 heteroatoms. The first-order valence-corrected chi connectivity index (χ1v) is 13.1. The van der Waals surface area contributed by atoms with Gasteiger partial charge in [0.15, 0.2) is 5.78 Å². The summed E-state index contributed by atoms with van der Waals surface area (Å²) in [6, 6.07) is 12.6. The third kappa shape index (κ3) is 6.07. The molecule has 194 valence electrons. The van der Waals surface area contributed by atoms with Crippen LogP contribution in [0.5, 0.6) is 0 Å². The molecule has 0 unspecified atom stereocenters. The predicted octanol–water partition coefficient (Wildman–Crippen LogP) is 6.60. The highest BCUT2D eigenvalue weighted by Crippen LogP contribution is 2.27. The summed E-state index contributed by atoms with van der Waals surface area (Å²) >= 11 is 0. The highest BCUT2D eigenvalue weighted by Gasteiger charge is 2.19. The van der Waals surface area contributed by atoms with Crippen molar-refractivity contribution in [3.05, 3.63) is 82.3 Å². The molecule has 2 heterocycles. The summed E-state index contributed by atoms with van der Waals surface area (Å²) in [5.74, 6) is 0.764. The largest absolute Gasteiger partial charge is 0.294 e. The van der Waals surface area contributed by atoms with Gasteiger partial charge in [-0.15, -0.1) is 5.10 Å². The van der Waals surface area contributed by atoms with E-state index in [1.165, 1.54) is 11.1 Å². The Labute approximate surface area is 220 Å². The van der Waals surface area contributed by atoms with Gasteiger partial charge >= 0.3 is 0 Å². The zero-order chi connectivity index (χ0) is 26.9. The van der Waals surface area contributed by atoms with Gasteiger partial charge in [0.05, 0.1) is 18.1 Å². The van der Waals surface area contributed by atoms with E-state index in [1.54, 1.807) is 4.68 Å². The summed E-state index contributed by atoms with van der Waals surface area (Å²) in [4.78, 5) is 13.5. The van der Waals surface area contributed by atoms with Crippen molar-refractivity contribution in [1.82, 2.24) is 24.8 Å². The third-order valence-corrected chi connectivity index (χ3v) is 7.08. The van der Waals surface area contributed by atoms with Crippen molar-refractivity contribution >= 4 is 5.78 Å². The molecule has 0 saturated carbocycles. The zero-order valence-corrected chi connectivity index (χ0v) is 23.5. The first-order valence-electron chi connectivity index (χ1n) is 13.1. The molecule has 6 nitrogen and oxygen atoms in total. The van der Waals surface area contributed by atoms with E-state index in [9.17, 15) is 4.79 Å². The lowest BCUT2D eigenvalue weighted by molar-refractivity contribution is 0.0992. The van der Waals surface area contributed by atoms with Crippen LogP contribution in [0.1, 0.15) is 79.3 Å². The molecule has 0 spiro atoms. The summed E-state index contributed by atoms with van der Waals surface area (Å²) in [6.45, 7) is 15.2. The normalized spacial score (nSPS) is 11.9. The van der Waals surface area contributed by atoms with Crippen molar-refractivity contribution < 1.29 is 4.79 Å². The van der Waals surface area contributed by atoms with Crippen LogP contribution in [0.15, 0.2) is 48.8 Å². The standard InChI is InChI=1S/C31H39N5O/c1-20(2)9-11-23-13-25(17-26(14-23)31(5,6)7)30(37)16-24-12-10-21(3)29(15-24)36-19-28(33-34-36)27-18-32-35(8)22(27)4/h10,12-15,17-20H,9,11,16H2,1-8H3. The number of carbonyl (C=O) groups is 1. The van der Waals surface area contributed by atoms with Crippen molar-refractivity contribution in [2.24, 2.45) is 13.0 Å². The molecule has 4 aromatic rings. The van der Waals surface area contributed by atoms with E-state index in [1.807, 2.05) is 50.1 Å². The Morgan fingerprint density at radius 1 is 1.03 bits per heavy atom. The minimum atomic E-state index is -0.0165. The monoisotopic (exact) mass is 497 g/mol. The molecule has 0 aliphatic heterocycles. The van der Waals surface area contributed by atoms with Gasteiger partial charge in [-0.3, -0.25) is 9.48 Å². The van der Waals surface area contributed by atoms with Crippen molar-refractivity contribution in [3.63, 3.8) is 0 Å². The number of aryl methyl sites for hydroxylation is 3. The molecule has 0 N–H and O–H groups in total. The molecule has 0 bridgehead atoms. The molecule has 0 aliphatic carbocycles. The molecular formula is C31H39N5O. The quantitative estimate of drug-likeness (QED) is 0.257. The number of hydrogen-bond donors (Lipinski definition) is 0. The van der Waals surface area contributed by atoms with Crippen LogP contribution in [0.2, 0.25) is 0 Å². The van der Waals surface area contributed by atoms with Crippen LogP contribution in [0.4, 0.5) is 0 Å². The van der Waals surface area contributed by atoms with Crippen LogP contribution in [0, 0.1) is 19.8 Å². The summed E-state index contributed by atoms with van der Waals surface area (Å²) < 4.78 is 3.62. The smallest absolute Gasteiger partial charge is 0.167 e. The van der Waals surface area contributed by atoms with Crippen LogP contribution >= 0.6 is 0 Å². The topological polar surface area (TPSA) is 65.6 Å². The molecule has 0 fully saturated rings. The van der Waals surface area contributed by atoms with E-state index in [0.717, 1.165) is 52.2 Å². The van der Waals surface area contributed by atoms with E-state index in [-0.39, 0.29) is 11.2 Å². The Balaban J connectivity index is 1.61. The summed E-state index contributed by atoms with van der Waals surface area (Å²) in [5.41, 5.74) is 8.97. The summed E-state index contributed by atoms with van der Waals surface area (Å²) in [5, 5.41) is 13.1. The van der Waals surface area contributed by atoms with Gasteiger partial charge in [0.1, 0.15) is 5.69 Å². The van der Waals surface area contributed by atoms with Gasteiger partial charge in [-0.25, -0.2) is 4.68 Å². The van der Waals surface area contributed by atoms with Crippen molar-refractivity contribution in [2.45, 2.75) is 73.1 Å². The fourth-order valence-corrected chi connectivity index (χ4v) is 4.44. The Hall–Kier alpha value is -3.54. The summed E-state index contributed by atoms with van der Waals surface area (Å²) in [6.07, 6.45) is 6.18. The van der Waals surface area contributed by atoms with Crippen molar-refractivity contribution in [2.75, 3.05) is 0 Å². The fraction of sp³-hybridized carbons (Fsp3) is 0.419. The Morgan fingerprint density at radius 2 is 1.78 bits per heavy atom. The Bertz CT molecular complexity index is 1420. The molecule has 37 heavy (non-hydrogen) atoms. The second-order valence-electron chi connectivity index (χ2n) is 11.6. The average Bonchev–Trinajstić information content (AvgIpc) is 3.45. The van der Waals surface area contributed by atoms with Crippen LogP contribution in [0.25, 0.3) is 16.9 Å². The molecule has 0 radical (unpaired) electrons. The number of Topliss-reactive ketones (excluding diaryl/α,β-unsaturated/α-hetero) is 1. The number of hydrogen-bond acceptors (Lipinski definition) is 4. The minimum Gasteiger partial charge on any atom is -0.294 e. The van der Waals surface area contributed by atoms with Gasteiger partial charge in [-0.2, -0.15) is 5.10 Å². The van der Waals surface area contributed by atoms with Gasteiger partial charge in [-0.05, 0) is 78.5 Å². The number of carbonyl (C=O) groups excluding carboxylic acids is 1. The molecule has 2 aromatic carbocycles. The van der Waals surface area contributed by atoms with E-state index < -0.39 is 0 Å². The SMILES string of the molecule is Cc1ccc(CC(=O)c2cc(CCC(C)C)cc(C(C)(C)C)c2)cc1-n1cc(-c2cnn(C)c2C)nn1. The van der Waals surface area contributed by atoms with Gasteiger partial charge < -0.3 is 0 Å². The minimum absolute atomic E-state index is 0.0165. The van der Waals surface area contributed by atoms with Crippen molar-refractivity contribution in [3.8, 4) is 16.9 Å². The van der Waals surface area contributed by atoms with Gasteiger partial charge in [0, 0.05) is 30.3 Å². The third-order valence-electron chi connectivity index (χ3n) is 7.08. The number of aromatic nitrogens is 5.